The molecule has 1 aromatic carbocycles. The molecule has 6 nitrogen and oxygen atoms in total. The average Bonchev–Trinajstić information content (AvgIpc) is 3.00. The van der Waals surface area contributed by atoms with Gasteiger partial charge in [-0.15, -0.1) is 11.3 Å². The number of ether oxygens (including phenoxy) is 2. The van der Waals surface area contributed by atoms with E-state index in [-0.39, 0.29) is 18.5 Å². The number of rotatable bonds is 10. The number of methoxy groups -OCH3 is 1. The predicted octanol–water partition coefficient (Wildman–Crippen LogP) is 2.66. The van der Waals surface area contributed by atoms with E-state index in [1.807, 2.05) is 24.3 Å². The molecule has 0 radical (unpaired) electrons. The highest BCUT2D eigenvalue weighted by molar-refractivity contribution is 7.18. The smallest absolute Gasteiger partial charge is 0.305 e. The molecule has 0 aliphatic heterocycles. The Morgan fingerprint density at radius 1 is 1.21 bits per heavy atom. The Kier molecular flexibility index (Phi) is 7.64. The molecule has 24 heavy (non-hydrogen) atoms. The van der Waals surface area contributed by atoms with Gasteiger partial charge < -0.3 is 14.8 Å². The lowest BCUT2D eigenvalue weighted by atomic mass is 10.2. The molecule has 0 aliphatic carbocycles. The summed E-state index contributed by atoms with van der Waals surface area (Å²) >= 11 is 1.57. The van der Waals surface area contributed by atoms with E-state index in [0.717, 1.165) is 34.5 Å². The third kappa shape index (κ3) is 6.25. The Morgan fingerprint density at radius 2 is 2.04 bits per heavy atom. The number of nitrogens with one attached hydrogen (secondary N) is 1. The maximum absolute atomic E-state index is 11.7. The summed E-state index contributed by atoms with van der Waals surface area (Å²) in [6, 6.07) is 7.90. The molecule has 0 aliphatic rings. The molecule has 2 aromatic rings. The second kappa shape index (κ2) is 10.00. The average molecular weight is 350 g/mol. The summed E-state index contributed by atoms with van der Waals surface area (Å²) in [5.41, 5.74) is 0.956. The molecular weight excluding hydrogens is 328 g/mol. The third-order valence-corrected chi connectivity index (χ3v) is 4.41. The number of amides is 1. The number of hydrogen-bond acceptors (Lipinski definition) is 6. The maximum Gasteiger partial charge on any atom is 0.305 e. The first-order chi connectivity index (χ1) is 11.7. The van der Waals surface area contributed by atoms with E-state index in [1.165, 1.54) is 7.11 Å². The second-order valence-electron chi connectivity index (χ2n) is 5.30. The summed E-state index contributed by atoms with van der Waals surface area (Å²) in [6.45, 7) is 0.953. The summed E-state index contributed by atoms with van der Waals surface area (Å²) in [4.78, 5) is 27.0. The van der Waals surface area contributed by atoms with E-state index < -0.39 is 0 Å². The molecule has 1 heterocycles. The summed E-state index contributed by atoms with van der Waals surface area (Å²) in [5.74, 6) is -0.327. The van der Waals surface area contributed by atoms with Gasteiger partial charge in [0, 0.05) is 13.0 Å². The van der Waals surface area contributed by atoms with E-state index in [9.17, 15) is 9.59 Å². The van der Waals surface area contributed by atoms with Gasteiger partial charge in [-0.3, -0.25) is 9.59 Å². The van der Waals surface area contributed by atoms with Crippen molar-refractivity contribution < 1.29 is 19.1 Å². The van der Waals surface area contributed by atoms with Crippen LogP contribution in [0.3, 0.4) is 0 Å². The van der Waals surface area contributed by atoms with Crippen LogP contribution in [0.15, 0.2) is 24.3 Å². The van der Waals surface area contributed by atoms with Gasteiger partial charge in [-0.05, 0) is 25.0 Å². The number of benzene rings is 1. The van der Waals surface area contributed by atoms with Crippen LogP contribution in [0, 0.1) is 0 Å². The number of carbonyl (C=O) groups is 2. The highest BCUT2D eigenvalue weighted by Crippen LogP contribution is 2.21. The fourth-order valence-corrected chi connectivity index (χ4v) is 3.07. The number of para-hydroxylation sites is 1. The highest BCUT2D eigenvalue weighted by Gasteiger charge is 2.05. The number of unbranched alkanes of at least 4 members (excludes halogenated alkanes) is 2. The van der Waals surface area contributed by atoms with Crippen molar-refractivity contribution in [3.8, 4) is 0 Å². The van der Waals surface area contributed by atoms with Gasteiger partial charge in [0.1, 0.15) is 11.6 Å². The van der Waals surface area contributed by atoms with Crippen molar-refractivity contribution in [3.05, 3.63) is 29.3 Å². The largest absolute Gasteiger partial charge is 0.469 e. The van der Waals surface area contributed by atoms with Crippen LogP contribution in [0.1, 0.15) is 30.7 Å². The number of hydrogen-bond donors (Lipinski definition) is 1. The van der Waals surface area contributed by atoms with Gasteiger partial charge >= 0.3 is 5.97 Å². The summed E-state index contributed by atoms with van der Waals surface area (Å²) in [6.07, 6.45) is 2.91. The monoisotopic (exact) mass is 350 g/mol. The minimum absolute atomic E-state index is 0.0259. The quantitative estimate of drug-likeness (QED) is 0.526. The van der Waals surface area contributed by atoms with Crippen molar-refractivity contribution >= 4 is 33.4 Å². The van der Waals surface area contributed by atoms with Crippen LogP contribution in [0.25, 0.3) is 10.2 Å². The Bertz CT molecular complexity index is 638. The molecule has 130 valence electrons. The van der Waals surface area contributed by atoms with Crippen LogP contribution in [0.4, 0.5) is 0 Å². The molecule has 0 atom stereocenters. The van der Waals surface area contributed by atoms with Crippen LogP contribution in [-0.2, 0) is 25.7 Å². The minimum atomic E-state index is -0.192. The van der Waals surface area contributed by atoms with Crippen molar-refractivity contribution in [2.75, 3.05) is 20.3 Å². The lowest BCUT2D eigenvalue weighted by Crippen LogP contribution is -2.28. The Hall–Kier alpha value is -1.99. The van der Waals surface area contributed by atoms with Gasteiger partial charge in [-0.25, -0.2) is 4.98 Å². The van der Waals surface area contributed by atoms with E-state index >= 15 is 0 Å². The second-order valence-corrected chi connectivity index (χ2v) is 6.42. The van der Waals surface area contributed by atoms with Crippen LogP contribution in [0.2, 0.25) is 0 Å². The summed E-state index contributed by atoms with van der Waals surface area (Å²) in [7, 11) is 1.39. The summed E-state index contributed by atoms with van der Waals surface area (Å²) in [5, 5.41) is 3.67. The number of carbonyl (C=O) groups excluding carboxylic acids is 2. The van der Waals surface area contributed by atoms with Gasteiger partial charge in [0.05, 0.1) is 23.9 Å². The van der Waals surface area contributed by atoms with Crippen molar-refractivity contribution in [1.29, 1.82) is 0 Å². The van der Waals surface area contributed by atoms with Gasteiger partial charge in [0.25, 0.3) is 0 Å². The van der Waals surface area contributed by atoms with Gasteiger partial charge in [-0.2, -0.15) is 0 Å². The molecule has 0 unspecified atom stereocenters. The standard InChI is InChI=1S/C17H22N2O4S/c1-22-17(21)9-3-2-6-10-18-15(20)11-23-12-16-19-13-7-4-5-8-14(13)24-16/h4-5,7-8H,2-3,6,9-12H2,1H3,(H,18,20). The predicted molar refractivity (Wildman–Crippen MR) is 92.8 cm³/mol. The van der Waals surface area contributed by atoms with Gasteiger partial charge in [0.2, 0.25) is 5.91 Å². The molecule has 0 fully saturated rings. The molecule has 1 amide bonds. The zero-order valence-electron chi connectivity index (χ0n) is 13.7. The normalized spacial score (nSPS) is 10.7. The molecule has 0 saturated carbocycles. The maximum atomic E-state index is 11.7. The fraction of sp³-hybridized carbons (Fsp3) is 0.471. The first kappa shape index (κ1) is 18.4. The molecule has 2 rings (SSSR count). The van der Waals surface area contributed by atoms with E-state index in [4.69, 9.17) is 4.74 Å². The van der Waals surface area contributed by atoms with Gasteiger partial charge in [-0.1, -0.05) is 18.6 Å². The molecule has 0 bridgehead atoms. The summed E-state index contributed by atoms with van der Waals surface area (Å²) < 4.78 is 11.1. The van der Waals surface area contributed by atoms with E-state index in [0.29, 0.717) is 19.6 Å². The van der Waals surface area contributed by atoms with Crippen LogP contribution < -0.4 is 5.32 Å². The number of esters is 1. The zero-order valence-corrected chi connectivity index (χ0v) is 14.6. The number of fused-ring (bicyclic) bond motifs is 1. The first-order valence-electron chi connectivity index (χ1n) is 7.94. The molecule has 7 heteroatoms. The Balaban J connectivity index is 1.54. The topological polar surface area (TPSA) is 77.5 Å². The van der Waals surface area contributed by atoms with Crippen molar-refractivity contribution in [2.24, 2.45) is 0 Å². The lowest BCUT2D eigenvalue weighted by molar-refractivity contribution is -0.140. The zero-order chi connectivity index (χ0) is 17.2. The molecule has 1 N–H and O–H groups in total. The Labute approximate surface area is 145 Å². The van der Waals surface area contributed by atoms with Crippen LogP contribution >= 0.6 is 11.3 Å². The van der Waals surface area contributed by atoms with E-state index in [2.05, 4.69) is 15.0 Å². The van der Waals surface area contributed by atoms with Crippen molar-refractivity contribution in [2.45, 2.75) is 32.3 Å². The molecular formula is C17H22N2O4S. The Morgan fingerprint density at radius 3 is 2.83 bits per heavy atom. The van der Waals surface area contributed by atoms with Crippen LogP contribution in [-0.4, -0.2) is 37.1 Å². The van der Waals surface area contributed by atoms with Crippen LogP contribution in [0.5, 0.6) is 0 Å². The fourth-order valence-electron chi connectivity index (χ4n) is 2.16. The molecule has 0 saturated heterocycles. The minimum Gasteiger partial charge on any atom is -0.469 e. The number of nitrogens with zero attached hydrogens (tertiary/aromatic N) is 1. The number of thiazole rings is 1. The van der Waals surface area contributed by atoms with E-state index in [1.54, 1.807) is 11.3 Å². The first-order valence-corrected chi connectivity index (χ1v) is 8.76. The SMILES string of the molecule is COC(=O)CCCCCNC(=O)COCc1nc2ccccc2s1. The highest BCUT2D eigenvalue weighted by atomic mass is 32.1. The number of aromatic nitrogens is 1. The third-order valence-electron chi connectivity index (χ3n) is 3.40. The van der Waals surface area contributed by atoms with Crippen molar-refractivity contribution in [1.82, 2.24) is 10.3 Å². The van der Waals surface area contributed by atoms with Gasteiger partial charge in [0.15, 0.2) is 0 Å². The lowest BCUT2D eigenvalue weighted by Gasteiger charge is -2.05. The molecule has 0 spiro atoms. The molecule has 1 aromatic heterocycles. The van der Waals surface area contributed by atoms with Crippen molar-refractivity contribution in [3.63, 3.8) is 0 Å².